The van der Waals surface area contributed by atoms with E-state index in [0.717, 1.165) is 51.4 Å². The summed E-state index contributed by atoms with van der Waals surface area (Å²) in [5.41, 5.74) is 0. The van der Waals surface area contributed by atoms with Crippen LogP contribution < -0.4 is 0 Å². The van der Waals surface area contributed by atoms with Crippen LogP contribution in [-0.4, -0.2) is 138 Å². The lowest BCUT2D eigenvalue weighted by Crippen LogP contribution is -2.62. The molecular formula is C30H56O14. The van der Waals surface area contributed by atoms with E-state index in [1.54, 1.807) is 0 Å². The minimum absolute atomic E-state index is 0.172. The van der Waals surface area contributed by atoms with E-state index in [4.69, 9.17) is 29.5 Å². The van der Waals surface area contributed by atoms with Gasteiger partial charge in [0.05, 0.1) is 19.3 Å². The quantitative estimate of drug-likeness (QED) is 0.0606. The average Bonchev–Trinajstić information content (AvgIpc) is 3.25. The molecule has 14 nitrogen and oxygen atoms in total. The Morgan fingerprint density at radius 3 is 2.05 bits per heavy atom. The molecule has 2 saturated heterocycles. The third kappa shape index (κ3) is 13.6. The molecule has 10 N–H and O–H groups in total. The maximum absolute atomic E-state index is 10.3. The molecule has 10 atom stereocenters. The number of carboxylic acids is 1. The van der Waals surface area contributed by atoms with Crippen LogP contribution in [0.1, 0.15) is 90.4 Å². The second kappa shape index (κ2) is 22.3. The van der Waals surface area contributed by atoms with E-state index in [2.05, 4.69) is 19.1 Å². The fraction of sp³-hybridized carbons (Fsp3) is 0.900. The largest absolute Gasteiger partial charge is 0.481 e. The van der Waals surface area contributed by atoms with Gasteiger partial charge in [-0.3, -0.25) is 4.79 Å². The monoisotopic (exact) mass is 640 g/mol. The van der Waals surface area contributed by atoms with Gasteiger partial charge < -0.3 is 65.3 Å². The van der Waals surface area contributed by atoms with Gasteiger partial charge in [0, 0.05) is 6.42 Å². The number of aliphatic hydroxyl groups excluding tert-OH is 9. The predicted molar refractivity (Wildman–Crippen MR) is 157 cm³/mol. The average molecular weight is 641 g/mol. The molecule has 0 bridgehead atoms. The normalized spacial score (nSPS) is 32.9. The van der Waals surface area contributed by atoms with E-state index in [1.165, 1.54) is 25.7 Å². The molecule has 0 unspecified atom stereocenters. The molecule has 0 radical (unpaired) electrons. The summed E-state index contributed by atoms with van der Waals surface area (Å²) in [6.45, 7) is -0.123. The molecule has 0 amide bonds. The van der Waals surface area contributed by atoms with Crippen LogP contribution in [0, 0.1) is 0 Å². The van der Waals surface area contributed by atoms with Crippen molar-refractivity contribution in [2.45, 2.75) is 151 Å². The van der Waals surface area contributed by atoms with Crippen molar-refractivity contribution in [3.63, 3.8) is 0 Å². The summed E-state index contributed by atoms with van der Waals surface area (Å²) in [5.74, 6) is -2.91. The van der Waals surface area contributed by atoms with E-state index < -0.39 is 80.6 Å². The van der Waals surface area contributed by atoms with Gasteiger partial charge in [0.15, 0.2) is 6.29 Å². The zero-order valence-corrected chi connectivity index (χ0v) is 25.8. The Morgan fingerprint density at radius 1 is 0.818 bits per heavy atom. The lowest BCUT2D eigenvalue weighted by atomic mass is 9.99. The van der Waals surface area contributed by atoms with Crippen LogP contribution in [0.5, 0.6) is 0 Å². The van der Waals surface area contributed by atoms with Crippen LogP contribution in [0.2, 0.25) is 0 Å². The molecular weight excluding hydrogens is 584 g/mol. The van der Waals surface area contributed by atoms with Crippen LogP contribution in [-0.2, 0) is 19.0 Å². The number of hydrogen-bond donors (Lipinski definition) is 10. The highest BCUT2D eigenvalue weighted by molar-refractivity contribution is 5.66. The molecule has 14 heteroatoms. The number of aliphatic carboxylic acids is 1. The Labute approximate surface area is 259 Å². The smallest absolute Gasteiger partial charge is 0.303 e. The number of allylic oxidation sites excluding steroid dienone is 1. The van der Waals surface area contributed by atoms with Gasteiger partial charge in [0.1, 0.15) is 49.3 Å². The summed E-state index contributed by atoms with van der Waals surface area (Å²) in [5, 5.41) is 95.0. The fourth-order valence-corrected chi connectivity index (χ4v) is 5.00. The minimum Gasteiger partial charge on any atom is -0.481 e. The molecule has 2 fully saturated rings. The van der Waals surface area contributed by atoms with Crippen molar-refractivity contribution < 1.29 is 70.1 Å². The third-order valence-electron chi connectivity index (χ3n) is 7.80. The third-order valence-corrected chi connectivity index (χ3v) is 7.80. The number of hydrogen-bond acceptors (Lipinski definition) is 13. The first-order valence-corrected chi connectivity index (χ1v) is 15.8. The van der Waals surface area contributed by atoms with Crippen LogP contribution in [0.4, 0.5) is 0 Å². The Kier molecular flexibility index (Phi) is 20.6. The first-order valence-electron chi connectivity index (χ1n) is 15.8. The van der Waals surface area contributed by atoms with Gasteiger partial charge >= 0.3 is 5.97 Å². The number of rotatable bonds is 20. The lowest BCUT2D eigenvalue weighted by Gasteiger charge is -2.43. The Morgan fingerprint density at radius 2 is 1.45 bits per heavy atom. The summed E-state index contributed by atoms with van der Waals surface area (Å²) in [6, 6.07) is 0. The van der Waals surface area contributed by atoms with Crippen LogP contribution >= 0.6 is 0 Å². The first-order chi connectivity index (χ1) is 21.0. The highest BCUT2D eigenvalue weighted by Crippen LogP contribution is 2.35. The van der Waals surface area contributed by atoms with E-state index in [1.807, 2.05) is 0 Å². The highest BCUT2D eigenvalue weighted by atomic mass is 16.8. The molecule has 0 aromatic heterocycles. The van der Waals surface area contributed by atoms with Crippen molar-refractivity contribution in [2.75, 3.05) is 19.8 Å². The van der Waals surface area contributed by atoms with Gasteiger partial charge in [0.2, 0.25) is 5.79 Å². The number of ether oxygens (including phenoxy) is 3. The van der Waals surface area contributed by atoms with Crippen molar-refractivity contribution in [1.82, 2.24) is 0 Å². The highest BCUT2D eigenvalue weighted by Gasteiger charge is 2.58. The minimum atomic E-state index is -2.22. The van der Waals surface area contributed by atoms with Crippen LogP contribution in [0.3, 0.4) is 0 Å². The number of aliphatic hydroxyl groups is 9. The van der Waals surface area contributed by atoms with Gasteiger partial charge in [0.25, 0.3) is 0 Å². The van der Waals surface area contributed by atoms with Crippen LogP contribution in [0.25, 0.3) is 0 Å². The molecule has 0 saturated carbocycles. The molecule has 0 aromatic rings. The van der Waals surface area contributed by atoms with E-state index in [0.29, 0.717) is 6.42 Å². The molecule has 44 heavy (non-hydrogen) atoms. The van der Waals surface area contributed by atoms with Gasteiger partial charge in [-0.1, -0.05) is 64.0 Å². The number of carboxylic acid groups (broad SMARTS) is 1. The van der Waals surface area contributed by atoms with Crippen molar-refractivity contribution in [3.8, 4) is 0 Å². The molecule has 2 rings (SSSR count). The summed E-state index contributed by atoms with van der Waals surface area (Å²) < 4.78 is 15.4. The first kappa shape index (κ1) is 40.8. The van der Waals surface area contributed by atoms with E-state index >= 15 is 0 Å². The topological polar surface area (TPSA) is 247 Å². The van der Waals surface area contributed by atoms with Gasteiger partial charge in [-0.05, 0) is 32.1 Å². The molecule has 0 aromatic carbocycles. The fourth-order valence-electron chi connectivity index (χ4n) is 5.00. The summed E-state index contributed by atoms with van der Waals surface area (Å²) in [7, 11) is 0. The van der Waals surface area contributed by atoms with Crippen molar-refractivity contribution >= 4 is 5.97 Å². The number of carbonyl (C=O) groups is 1. The molecule has 0 spiro atoms. The van der Waals surface area contributed by atoms with Crippen molar-refractivity contribution in [2.24, 2.45) is 0 Å². The Hall–Kier alpha value is -1.27. The zero-order valence-electron chi connectivity index (χ0n) is 25.8. The predicted octanol–water partition coefficient (Wildman–Crippen LogP) is -0.316. The second-order valence-corrected chi connectivity index (χ2v) is 11.5. The molecule has 0 aliphatic carbocycles. The van der Waals surface area contributed by atoms with Gasteiger partial charge in [-0.2, -0.15) is 0 Å². The van der Waals surface area contributed by atoms with Gasteiger partial charge in [-0.15, -0.1) is 0 Å². The maximum atomic E-state index is 10.3. The zero-order chi connectivity index (χ0) is 33.1. The maximum Gasteiger partial charge on any atom is 0.303 e. The molecule has 2 aliphatic heterocycles. The van der Waals surface area contributed by atoms with Gasteiger partial charge in [-0.25, -0.2) is 0 Å². The van der Waals surface area contributed by atoms with Crippen molar-refractivity contribution in [3.05, 3.63) is 12.2 Å². The lowest BCUT2D eigenvalue weighted by molar-refractivity contribution is -0.383. The summed E-state index contributed by atoms with van der Waals surface area (Å²) in [6.07, 6.45) is 4.70. The standard InChI is InChI=1S/C18H34O3.C12H22O11/c1-2-3-4-11-14-17(19)15-12-9-7-5-6-8-10-13-16-18(20)21;13-1-4-6(16)8(18)9(19)11(21-4)23-12(3-15)10(20)7(17)5(2-14)22-12/h9,12,17,19H,2-8,10-11,13-16H2,1H3,(H,20,21);4-11,13-20H,1-3H2/b12-9-;/t17-;4-,5-,6-,7-,8+,9-,10+,11-,12+/m11/s1. The summed E-state index contributed by atoms with van der Waals surface area (Å²) in [4.78, 5) is 10.3. The second-order valence-electron chi connectivity index (χ2n) is 11.5. The van der Waals surface area contributed by atoms with E-state index in [9.17, 15) is 40.5 Å². The Bertz CT molecular complexity index is 783. The Balaban J connectivity index is 0.000000443. The molecule has 2 heterocycles. The summed E-state index contributed by atoms with van der Waals surface area (Å²) >= 11 is 0. The van der Waals surface area contributed by atoms with E-state index in [-0.39, 0.29) is 6.10 Å². The SMILES string of the molecule is CCCCCC[C@@H](O)C/C=C\CCCCCCCC(=O)O.OC[C@H]1O[C@@](CO)(O[C@H]2O[C@H](CO)[C@@H](O)[C@H](O)[C@H]2O)[C@@H](O)[C@@H]1O. The molecule has 2 aliphatic rings. The number of unbranched alkanes of at least 4 members (excludes halogenated alkanes) is 8. The van der Waals surface area contributed by atoms with Crippen molar-refractivity contribution in [1.29, 1.82) is 0 Å². The molecule has 260 valence electrons. The van der Waals surface area contributed by atoms with Crippen LogP contribution in [0.15, 0.2) is 12.2 Å².